The number of rotatable bonds is 4. The first kappa shape index (κ1) is 19.8. The smallest absolute Gasteiger partial charge is 0.348 e. The van der Waals surface area contributed by atoms with Gasteiger partial charge in [-0.05, 0) is 18.6 Å². The Morgan fingerprint density at radius 3 is 2.38 bits per heavy atom. The number of thioether (sulfide) groups is 1. The molecule has 136 valence electrons. The number of aromatic nitrogens is 1. The largest absolute Gasteiger partial charge is 0.417 e. The number of halogens is 3. The monoisotopic (exact) mass is 379 g/mol. The molecule has 1 amide bonds. The number of hydrogen-bond acceptors (Lipinski definition) is 4. The first-order valence-corrected chi connectivity index (χ1v) is 8.44. The van der Waals surface area contributed by atoms with E-state index in [1.54, 1.807) is 50.5 Å². The molecule has 2 rings (SSSR count). The van der Waals surface area contributed by atoms with Gasteiger partial charge in [0.1, 0.15) is 16.3 Å². The highest BCUT2D eigenvalue weighted by molar-refractivity contribution is 8.00. The van der Waals surface area contributed by atoms with Gasteiger partial charge in [-0.25, -0.2) is 4.98 Å². The van der Waals surface area contributed by atoms with Crippen LogP contribution in [0.15, 0.2) is 41.4 Å². The fourth-order valence-corrected chi connectivity index (χ4v) is 3.59. The van der Waals surface area contributed by atoms with Gasteiger partial charge in [0.15, 0.2) is 0 Å². The van der Waals surface area contributed by atoms with Crippen molar-refractivity contribution in [1.29, 1.82) is 5.26 Å². The minimum atomic E-state index is -4.68. The number of likely N-dealkylation sites (N-methyl/N-ethyl adjacent to an activating group) is 1. The summed E-state index contributed by atoms with van der Waals surface area (Å²) in [6.07, 6.45) is -4.68. The molecule has 0 unspecified atom stereocenters. The summed E-state index contributed by atoms with van der Waals surface area (Å²) in [5, 5.41) is 8.37. The van der Waals surface area contributed by atoms with Crippen molar-refractivity contribution in [2.75, 3.05) is 14.1 Å². The molecule has 0 aliphatic heterocycles. The van der Waals surface area contributed by atoms with Crippen LogP contribution in [0.3, 0.4) is 0 Å². The summed E-state index contributed by atoms with van der Waals surface area (Å²) in [5.74, 6) is -0.304. The Morgan fingerprint density at radius 1 is 1.27 bits per heavy atom. The van der Waals surface area contributed by atoms with E-state index in [2.05, 4.69) is 4.98 Å². The first-order valence-electron chi connectivity index (χ1n) is 7.57. The van der Waals surface area contributed by atoms with Gasteiger partial charge in [0.2, 0.25) is 5.91 Å². The minimum Gasteiger partial charge on any atom is -0.348 e. The van der Waals surface area contributed by atoms with Crippen LogP contribution in [-0.4, -0.2) is 29.9 Å². The highest BCUT2D eigenvalue weighted by atomic mass is 32.2. The number of amides is 1. The second-order valence-corrected chi connectivity index (χ2v) is 6.84. The maximum atomic E-state index is 13.3. The highest BCUT2D eigenvalue weighted by Crippen LogP contribution is 2.41. The van der Waals surface area contributed by atoms with Crippen LogP contribution in [0.2, 0.25) is 0 Å². The van der Waals surface area contributed by atoms with Gasteiger partial charge in [-0.15, -0.1) is 0 Å². The number of alkyl halides is 3. The zero-order valence-corrected chi connectivity index (χ0v) is 15.1. The maximum Gasteiger partial charge on any atom is 0.417 e. The van der Waals surface area contributed by atoms with Crippen LogP contribution in [-0.2, 0) is 11.0 Å². The summed E-state index contributed by atoms with van der Waals surface area (Å²) < 4.78 is 39.8. The molecule has 0 aliphatic rings. The zero-order chi connectivity index (χ0) is 19.5. The van der Waals surface area contributed by atoms with E-state index in [0.717, 1.165) is 17.8 Å². The molecule has 0 bridgehead atoms. The Balaban J connectivity index is 2.57. The number of aryl methyl sites for hydroxylation is 1. The van der Waals surface area contributed by atoms with Crippen molar-refractivity contribution in [3.63, 3.8) is 0 Å². The Morgan fingerprint density at radius 2 is 1.88 bits per heavy atom. The fourth-order valence-electron chi connectivity index (χ4n) is 2.30. The Bertz CT molecular complexity index is 845. The lowest BCUT2D eigenvalue weighted by molar-refractivity contribution is -0.138. The second-order valence-electron chi connectivity index (χ2n) is 5.74. The molecule has 8 heteroatoms. The standard InChI is InChI=1S/C18H16F3N3OS/c1-11-9-14(18(19,20)21)13(10-22)16(23-11)26-15(17(25)24(2)3)12-7-5-4-6-8-12/h4-9,15H,1-3H3/t15-/m0/s1. The molecule has 2 aromatic rings. The van der Waals surface area contributed by atoms with Crippen LogP contribution in [0.5, 0.6) is 0 Å². The van der Waals surface area contributed by atoms with Gasteiger partial charge < -0.3 is 4.90 Å². The van der Waals surface area contributed by atoms with E-state index in [1.807, 2.05) is 0 Å². The molecule has 4 nitrogen and oxygen atoms in total. The number of hydrogen-bond donors (Lipinski definition) is 0. The summed E-state index contributed by atoms with van der Waals surface area (Å²) in [6.45, 7) is 1.42. The van der Waals surface area contributed by atoms with Gasteiger partial charge >= 0.3 is 6.18 Å². The topological polar surface area (TPSA) is 57.0 Å². The van der Waals surface area contributed by atoms with Gasteiger partial charge in [0, 0.05) is 19.8 Å². The summed E-state index contributed by atoms with van der Waals surface area (Å²) in [4.78, 5) is 18.0. The van der Waals surface area contributed by atoms with Crippen molar-refractivity contribution in [1.82, 2.24) is 9.88 Å². The average Bonchev–Trinajstić information content (AvgIpc) is 2.58. The summed E-state index contributed by atoms with van der Waals surface area (Å²) in [5.41, 5.74) is -0.861. The second kappa shape index (κ2) is 7.79. The van der Waals surface area contributed by atoms with Crippen molar-refractivity contribution in [2.45, 2.75) is 23.4 Å². The minimum absolute atomic E-state index is 0.108. The van der Waals surface area contributed by atoms with E-state index in [4.69, 9.17) is 0 Å². The van der Waals surface area contributed by atoms with E-state index in [9.17, 15) is 23.2 Å². The Labute approximate surface area is 153 Å². The molecule has 1 aromatic carbocycles. The van der Waals surface area contributed by atoms with Crippen molar-refractivity contribution >= 4 is 17.7 Å². The molecule has 1 aromatic heterocycles. The average molecular weight is 379 g/mol. The summed E-state index contributed by atoms with van der Waals surface area (Å²) >= 11 is 0.849. The van der Waals surface area contributed by atoms with E-state index in [0.29, 0.717) is 5.56 Å². The molecule has 0 N–H and O–H groups in total. The first-order chi connectivity index (χ1) is 12.1. The number of nitrogens with zero attached hydrogens (tertiary/aromatic N) is 3. The maximum absolute atomic E-state index is 13.3. The Kier molecular flexibility index (Phi) is 5.93. The molecule has 0 spiro atoms. The zero-order valence-electron chi connectivity index (χ0n) is 14.3. The lowest BCUT2D eigenvalue weighted by Gasteiger charge is -2.21. The number of carbonyl (C=O) groups is 1. The number of pyridine rings is 1. The van der Waals surface area contributed by atoms with Crippen molar-refractivity contribution in [2.24, 2.45) is 0 Å². The fraction of sp³-hybridized carbons (Fsp3) is 0.278. The molecule has 0 aliphatic carbocycles. The third kappa shape index (κ3) is 4.35. The summed E-state index contributed by atoms with van der Waals surface area (Å²) in [7, 11) is 3.13. The molecule has 1 heterocycles. The molecule has 0 saturated carbocycles. The van der Waals surface area contributed by atoms with Crippen LogP contribution in [0.4, 0.5) is 13.2 Å². The van der Waals surface area contributed by atoms with Crippen LogP contribution in [0, 0.1) is 18.3 Å². The highest BCUT2D eigenvalue weighted by Gasteiger charge is 2.36. The van der Waals surface area contributed by atoms with Crippen molar-refractivity contribution in [3.05, 3.63) is 58.8 Å². The van der Waals surface area contributed by atoms with E-state index in [1.165, 1.54) is 11.8 Å². The third-order valence-electron chi connectivity index (χ3n) is 3.53. The van der Waals surface area contributed by atoms with Crippen LogP contribution in [0.25, 0.3) is 0 Å². The van der Waals surface area contributed by atoms with Crippen LogP contribution in [0.1, 0.15) is 27.6 Å². The molecule has 0 fully saturated rings. The lowest BCUT2D eigenvalue weighted by atomic mass is 10.1. The Hall–Kier alpha value is -2.53. The van der Waals surface area contributed by atoms with Gasteiger partial charge in [0.25, 0.3) is 0 Å². The van der Waals surface area contributed by atoms with Gasteiger partial charge in [0.05, 0.1) is 11.1 Å². The quantitative estimate of drug-likeness (QED) is 0.747. The molecular formula is C18H16F3N3OS. The molecular weight excluding hydrogens is 363 g/mol. The molecule has 1 atom stereocenters. The van der Waals surface area contributed by atoms with Crippen molar-refractivity contribution < 1.29 is 18.0 Å². The van der Waals surface area contributed by atoms with Crippen molar-refractivity contribution in [3.8, 4) is 6.07 Å². The van der Waals surface area contributed by atoms with Gasteiger partial charge in [-0.2, -0.15) is 18.4 Å². The normalized spacial score (nSPS) is 12.3. The van der Waals surface area contributed by atoms with E-state index >= 15 is 0 Å². The van der Waals surface area contributed by atoms with Crippen LogP contribution >= 0.6 is 11.8 Å². The number of carbonyl (C=O) groups excluding carboxylic acids is 1. The third-order valence-corrected chi connectivity index (χ3v) is 4.76. The number of nitriles is 1. The lowest BCUT2D eigenvalue weighted by Crippen LogP contribution is -2.27. The predicted molar refractivity (Wildman–Crippen MR) is 92.4 cm³/mol. The molecule has 0 saturated heterocycles. The van der Waals surface area contributed by atoms with E-state index < -0.39 is 22.6 Å². The van der Waals surface area contributed by atoms with Crippen LogP contribution < -0.4 is 0 Å². The predicted octanol–water partition coefficient (Wildman–Crippen LogP) is 4.20. The summed E-state index contributed by atoms with van der Waals surface area (Å²) in [6, 6.07) is 11.1. The van der Waals surface area contributed by atoms with E-state index in [-0.39, 0.29) is 16.6 Å². The molecule has 0 radical (unpaired) electrons. The molecule has 26 heavy (non-hydrogen) atoms. The van der Waals surface area contributed by atoms with Gasteiger partial charge in [-0.3, -0.25) is 4.79 Å². The van der Waals surface area contributed by atoms with Gasteiger partial charge in [-0.1, -0.05) is 42.1 Å². The SMILES string of the molecule is Cc1cc(C(F)(F)F)c(C#N)c(S[C@H](C(=O)N(C)C)c2ccccc2)n1. The number of benzene rings is 1.